The smallest absolute Gasteiger partial charge is 0.338 e. The lowest BCUT2D eigenvalue weighted by Gasteiger charge is -2.27. The number of benzene rings is 1. The van der Waals surface area contributed by atoms with E-state index in [1.807, 2.05) is 0 Å². The van der Waals surface area contributed by atoms with Crippen molar-refractivity contribution < 1.29 is 32.8 Å². The van der Waals surface area contributed by atoms with Gasteiger partial charge in [0.1, 0.15) is 36.0 Å². The number of furan rings is 1. The quantitative estimate of drug-likeness (QED) is 0.613. The van der Waals surface area contributed by atoms with Gasteiger partial charge in [-0.2, -0.15) is 0 Å². The predicted molar refractivity (Wildman–Crippen MR) is 98.3 cm³/mol. The highest BCUT2D eigenvalue weighted by atomic mass is 19.1. The minimum absolute atomic E-state index is 0.162. The maximum absolute atomic E-state index is 14.0. The number of halogens is 2. The molecule has 1 aliphatic heterocycles. The van der Waals surface area contributed by atoms with E-state index in [0.29, 0.717) is 17.0 Å². The zero-order chi connectivity index (χ0) is 21.0. The van der Waals surface area contributed by atoms with Crippen LogP contribution in [0.25, 0.3) is 0 Å². The normalized spacial score (nSPS) is 17.5. The molecule has 0 fully saturated rings. The molecule has 4 N–H and O–H groups in total. The van der Waals surface area contributed by atoms with Gasteiger partial charge < -0.3 is 25.1 Å². The minimum Gasteiger partial charge on any atom is -0.467 e. The molecule has 3 rings (SSSR count). The average molecular weight is 406 g/mol. The van der Waals surface area contributed by atoms with Crippen LogP contribution in [0, 0.1) is 11.6 Å². The molecule has 1 aliphatic rings. The predicted octanol–water partition coefficient (Wildman–Crippen LogP) is 2.05. The van der Waals surface area contributed by atoms with E-state index in [-0.39, 0.29) is 24.8 Å². The van der Waals surface area contributed by atoms with Crippen LogP contribution in [0.4, 0.5) is 13.6 Å². The number of esters is 1. The van der Waals surface area contributed by atoms with Gasteiger partial charge in [0.25, 0.3) is 0 Å². The maximum atomic E-state index is 14.0. The molecule has 2 aromatic rings. The molecule has 1 aromatic heterocycles. The number of carbonyl (C=O) groups is 2. The molecule has 0 unspecified atom stereocenters. The lowest BCUT2D eigenvalue weighted by atomic mass is 9.99. The first-order chi connectivity index (χ1) is 13.9. The van der Waals surface area contributed by atoms with Crippen molar-refractivity contribution in [2.75, 3.05) is 13.2 Å². The van der Waals surface area contributed by atoms with Crippen LogP contribution in [0.1, 0.15) is 37.3 Å². The van der Waals surface area contributed by atoms with Crippen LogP contribution in [-0.2, 0) is 9.53 Å². The molecule has 0 saturated heterocycles. The molecule has 0 radical (unpaired) electrons. The lowest BCUT2D eigenvalue weighted by molar-refractivity contribution is -0.686. The Bertz CT molecular complexity index is 928. The molecule has 2 amide bonds. The molecule has 0 bridgehead atoms. The summed E-state index contributed by atoms with van der Waals surface area (Å²) in [5.74, 6) is -1.52. The largest absolute Gasteiger partial charge is 0.467 e. The van der Waals surface area contributed by atoms with Crippen molar-refractivity contribution in [1.29, 1.82) is 0 Å². The van der Waals surface area contributed by atoms with Crippen LogP contribution >= 0.6 is 0 Å². The van der Waals surface area contributed by atoms with Gasteiger partial charge in [0.2, 0.25) is 0 Å². The third-order valence-corrected chi connectivity index (χ3v) is 4.61. The minimum atomic E-state index is -0.806. The van der Waals surface area contributed by atoms with E-state index in [9.17, 15) is 18.4 Å². The Labute approximate surface area is 166 Å². The summed E-state index contributed by atoms with van der Waals surface area (Å²) in [5.41, 5.74) is 0.861. The highest BCUT2D eigenvalue weighted by Crippen LogP contribution is 2.27. The molecule has 2 atom stereocenters. The van der Waals surface area contributed by atoms with Crippen molar-refractivity contribution in [2.24, 2.45) is 0 Å². The zero-order valence-electron chi connectivity index (χ0n) is 16.0. The number of amides is 2. The van der Waals surface area contributed by atoms with Crippen LogP contribution in [0.3, 0.4) is 0 Å². The molecule has 7 nitrogen and oxygen atoms in total. The van der Waals surface area contributed by atoms with Gasteiger partial charge >= 0.3 is 12.0 Å². The standard InChI is InChI=1S/C20H21F2N3O4/c1-3-28-19(26)17-15(24-20(27)25-18(17)16-5-4-8-29-16)10-23-11(2)13-7-6-12(21)9-14(13)22/h4-9,11,18,23H,3,10H2,1-2H3,(H2,24,25,27)/p+1/t11-,18-/m1/s1. The van der Waals surface area contributed by atoms with Gasteiger partial charge in [-0.05, 0) is 38.1 Å². The van der Waals surface area contributed by atoms with E-state index < -0.39 is 29.7 Å². The number of quaternary nitrogens is 1. The van der Waals surface area contributed by atoms with Crippen LogP contribution in [0.15, 0.2) is 52.3 Å². The summed E-state index contributed by atoms with van der Waals surface area (Å²) in [6, 6.07) is 4.99. The Kier molecular flexibility index (Phi) is 6.28. The summed E-state index contributed by atoms with van der Waals surface area (Å²) < 4.78 is 37.7. The van der Waals surface area contributed by atoms with Crippen molar-refractivity contribution in [3.05, 3.63) is 70.8 Å². The Morgan fingerprint density at radius 1 is 1.34 bits per heavy atom. The Hall–Kier alpha value is -3.20. The number of ether oxygens (including phenoxy) is 1. The second-order valence-electron chi connectivity index (χ2n) is 6.55. The van der Waals surface area contributed by atoms with Crippen molar-refractivity contribution in [3.63, 3.8) is 0 Å². The monoisotopic (exact) mass is 406 g/mol. The second-order valence-corrected chi connectivity index (χ2v) is 6.55. The molecule has 2 heterocycles. The Morgan fingerprint density at radius 3 is 2.79 bits per heavy atom. The highest BCUT2D eigenvalue weighted by molar-refractivity contribution is 5.95. The van der Waals surface area contributed by atoms with Gasteiger partial charge in [0, 0.05) is 11.6 Å². The summed E-state index contributed by atoms with van der Waals surface area (Å²) in [5, 5.41) is 7.02. The molecular weight excluding hydrogens is 384 g/mol. The van der Waals surface area contributed by atoms with Crippen LogP contribution in [0.5, 0.6) is 0 Å². The first kappa shape index (κ1) is 20.5. The van der Waals surface area contributed by atoms with Gasteiger partial charge in [-0.25, -0.2) is 18.4 Å². The fourth-order valence-electron chi connectivity index (χ4n) is 3.19. The summed E-state index contributed by atoms with van der Waals surface area (Å²) in [7, 11) is 0. The van der Waals surface area contributed by atoms with Crippen molar-refractivity contribution >= 4 is 12.0 Å². The summed E-state index contributed by atoms with van der Waals surface area (Å²) in [6.07, 6.45) is 1.44. The Balaban J connectivity index is 1.88. The fourth-order valence-corrected chi connectivity index (χ4v) is 3.19. The molecule has 9 heteroatoms. The van der Waals surface area contributed by atoms with Crippen LogP contribution < -0.4 is 16.0 Å². The molecule has 0 saturated carbocycles. The summed E-state index contributed by atoms with van der Waals surface area (Å²) >= 11 is 0. The first-order valence-corrected chi connectivity index (χ1v) is 9.20. The lowest BCUT2D eigenvalue weighted by Crippen LogP contribution is -2.86. The second kappa shape index (κ2) is 8.87. The zero-order valence-corrected chi connectivity index (χ0v) is 16.0. The van der Waals surface area contributed by atoms with E-state index in [1.54, 1.807) is 31.3 Å². The fraction of sp³-hybridized carbons (Fsp3) is 0.300. The van der Waals surface area contributed by atoms with Crippen LogP contribution in [0.2, 0.25) is 0 Å². The van der Waals surface area contributed by atoms with E-state index >= 15 is 0 Å². The van der Waals surface area contributed by atoms with Gasteiger partial charge in [-0.15, -0.1) is 0 Å². The van der Waals surface area contributed by atoms with Crippen LogP contribution in [-0.4, -0.2) is 25.2 Å². The average Bonchev–Trinajstić information content (AvgIpc) is 3.20. The van der Waals surface area contributed by atoms with E-state index in [2.05, 4.69) is 10.6 Å². The Morgan fingerprint density at radius 2 is 2.14 bits per heavy atom. The third-order valence-electron chi connectivity index (χ3n) is 4.61. The number of hydrogen-bond donors (Lipinski definition) is 3. The third kappa shape index (κ3) is 4.62. The van der Waals surface area contributed by atoms with Crippen molar-refractivity contribution in [2.45, 2.75) is 25.9 Å². The molecular formula is C20H22F2N3O4+. The number of urea groups is 1. The van der Waals surface area contributed by atoms with Crippen molar-refractivity contribution in [1.82, 2.24) is 10.6 Å². The van der Waals surface area contributed by atoms with E-state index in [1.165, 1.54) is 18.4 Å². The van der Waals surface area contributed by atoms with Gasteiger partial charge in [0.15, 0.2) is 0 Å². The summed E-state index contributed by atoms with van der Waals surface area (Å²) in [6.45, 7) is 3.75. The van der Waals surface area contributed by atoms with Gasteiger partial charge in [-0.3, -0.25) is 0 Å². The summed E-state index contributed by atoms with van der Waals surface area (Å²) in [4.78, 5) is 24.7. The SMILES string of the molecule is CCOC(=O)C1=C(C[NH2+][C@H](C)c2ccc(F)cc2F)NC(=O)N[C@@H]1c1ccco1. The number of carbonyl (C=O) groups excluding carboxylic acids is 2. The highest BCUT2D eigenvalue weighted by Gasteiger charge is 2.36. The molecule has 29 heavy (non-hydrogen) atoms. The van der Waals surface area contributed by atoms with Gasteiger partial charge in [0.05, 0.1) is 24.1 Å². The maximum Gasteiger partial charge on any atom is 0.338 e. The van der Waals surface area contributed by atoms with E-state index in [4.69, 9.17) is 9.15 Å². The molecule has 0 spiro atoms. The molecule has 0 aliphatic carbocycles. The van der Waals surface area contributed by atoms with E-state index in [0.717, 1.165) is 6.07 Å². The van der Waals surface area contributed by atoms with Crippen molar-refractivity contribution in [3.8, 4) is 0 Å². The van der Waals surface area contributed by atoms with Gasteiger partial charge in [-0.1, -0.05) is 0 Å². The number of nitrogens with one attached hydrogen (secondary N) is 2. The number of nitrogens with two attached hydrogens (primary N) is 1. The molecule has 1 aromatic carbocycles. The molecule has 154 valence electrons. The first-order valence-electron chi connectivity index (χ1n) is 9.20. The topological polar surface area (TPSA) is 97.2 Å². The number of rotatable bonds is 7. The number of hydrogen-bond acceptors (Lipinski definition) is 4.